The number of rotatable bonds is 1. The summed E-state index contributed by atoms with van der Waals surface area (Å²) in [4.78, 5) is 13.5. The second-order valence-electron chi connectivity index (χ2n) is 4.07. The smallest absolute Gasteiger partial charge is 0.230 e. The van der Waals surface area contributed by atoms with E-state index in [0.717, 1.165) is 18.7 Å². The average molecular weight is 189 g/mol. The molecule has 1 aliphatic heterocycles. The number of phenolic OH excluding ortho intramolecular Hbond substituents is 1. The molecule has 2 aliphatic rings. The molecule has 0 bridgehead atoms. The van der Waals surface area contributed by atoms with Gasteiger partial charge in [-0.3, -0.25) is 4.79 Å². The number of hydrogen-bond acceptors (Lipinski definition) is 2. The highest BCUT2D eigenvalue weighted by Crippen LogP contribution is 2.47. The first-order valence-corrected chi connectivity index (χ1v) is 4.86. The molecule has 1 aromatic carbocycles. The summed E-state index contributed by atoms with van der Waals surface area (Å²) >= 11 is 0. The maximum atomic E-state index is 11.7. The Hall–Kier alpha value is -1.51. The molecule has 72 valence electrons. The second kappa shape index (κ2) is 2.50. The van der Waals surface area contributed by atoms with Gasteiger partial charge in [0.1, 0.15) is 5.75 Å². The molecule has 1 saturated carbocycles. The Morgan fingerprint density at radius 1 is 1.43 bits per heavy atom. The standard InChI is InChI=1S/C11H11NO2/c13-9-3-1-2-8(5-9)12-6-7-4-10(7)11(12)14/h1-3,5,7,10,13H,4,6H2. The van der Waals surface area contributed by atoms with Crippen LogP contribution in [-0.2, 0) is 4.79 Å². The number of carbonyl (C=O) groups is 1. The van der Waals surface area contributed by atoms with E-state index in [1.54, 1.807) is 23.1 Å². The molecule has 3 heteroatoms. The van der Waals surface area contributed by atoms with Crippen LogP contribution in [0.25, 0.3) is 0 Å². The van der Waals surface area contributed by atoms with E-state index in [1.165, 1.54) is 0 Å². The van der Waals surface area contributed by atoms with Gasteiger partial charge in [0, 0.05) is 24.2 Å². The summed E-state index contributed by atoms with van der Waals surface area (Å²) in [6, 6.07) is 6.89. The van der Waals surface area contributed by atoms with Crippen LogP contribution < -0.4 is 4.90 Å². The molecule has 0 aromatic heterocycles. The number of hydrogen-bond donors (Lipinski definition) is 1. The van der Waals surface area contributed by atoms with E-state index in [9.17, 15) is 9.90 Å². The van der Waals surface area contributed by atoms with Crippen molar-refractivity contribution >= 4 is 11.6 Å². The Labute approximate surface area is 82.0 Å². The van der Waals surface area contributed by atoms with Gasteiger partial charge in [-0.25, -0.2) is 0 Å². The quantitative estimate of drug-likeness (QED) is 0.725. The van der Waals surface area contributed by atoms with E-state index in [4.69, 9.17) is 0 Å². The van der Waals surface area contributed by atoms with E-state index in [2.05, 4.69) is 0 Å². The zero-order chi connectivity index (χ0) is 9.71. The van der Waals surface area contributed by atoms with Crippen LogP contribution >= 0.6 is 0 Å². The van der Waals surface area contributed by atoms with Crippen molar-refractivity contribution in [1.82, 2.24) is 0 Å². The summed E-state index contributed by atoms with van der Waals surface area (Å²) in [6.07, 6.45) is 1.06. The van der Waals surface area contributed by atoms with Crippen LogP contribution in [-0.4, -0.2) is 17.6 Å². The predicted octanol–water partition coefficient (Wildman–Crippen LogP) is 1.37. The van der Waals surface area contributed by atoms with E-state index in [-0.39, 0.29) is 17.6 Å². The average Bonchev–Trinajstić information content (AvgIpc) is 2.86. The van der Waals surface area contributed by atoms with E-state index in [0.29, 0.717) is 5.92 Å². The van der Waals surface area contributed by atoms with E-state index in [1.807, 2.05) is 6.07 Å². The van der Waals surface area contributed by atoms with Gasteiger partial charge in [0.2, 0.25) is 5.91 Å². The van der Waals surface area contributed by atoms with Crippen molar-refractivity contribution in [2.75, 3.05) is 11.4 Å². The first kappa shape index (κ1) is 7.85. The highest BCUT2D eigenvalue weighted by Gasteiger charge is 2.52. The van der Waals surface area contributed by atoms with Crippen LogP contribution in [0.4, 0.5) is 5.69 Å². The molecule has 2 fully saturated rings. The molecule has 1 aliphatic carbocycles. The molecule has 3 rings (SSSR count). The van der Waals surface area contributed by atoms with Gasteiger partial charge in [0.25, 0.3) is 0 Å². The molecule has 14 heavy (non-hydrogen) atoms. The van der Waals surface area contributed by atoms with Gasteiger partial charge < -0.3 is 10.0 Å². The minimum absolute atomic E-state index is 0.218. The number of phenols is 1. The normalized spacial score (nSPS) is 29.1. The SMILES string of the molecule is O=C1C2CC2CN1c1cccc(O)c1. The van der Waals surface area contributed by atoms with Crippen molar-refractivity contribution in [2.45, 2.75) is 6.42 Å². The lowest BCUT2D eigenvalue weighted by Gasteiger charge is -2.18. The molecular formula is C11H11NO2. The molecule has 2 unspecified atom stereocenters. The molecule has 0 radical (unpaired) electrons. The number of piperidine rings is 1. The van der Waals surface area contributed by atoms with Crippen LogP contribution in [0.5, 0.6) is 5.75 Å². The first-order chi connectivity index (χ1) is 6.75. The lowest BCUT2D eigenvalue weighted by atomic mass is 10.2. The van der Waals surface area contributed by atoms with Gasteiger partial charge in [0.05, 0.1) is 0 Å². The fourth-order valence-corrected chi connectivity index (χ4v) is 2.17. The van der Waals surface area contributed by atoms with Crippen LogP contribution in [0.1, 0.15) is 6.42 Å². The van der Waals surface area contributed by atoms with Crippen LogP contribution in [0.2, 0.25) is 0 Å². The Bertz CT molecular complexity index is 402. The van der Waals surface area contributed by atoms with Crippen molar-refractivity contribution in [3.63, 3.8) is 0 Å². The monoisotopic (exact) mass is 189 g/mol. The highest BCUT2D eigenvalue weighted by molar-refractivity contribution is 5.99. The predicted molar refractivity (Wildman–Crippen MR) is 52.1 cm³/mol. The minimum atomic E-state index is 0.218. The summed E-state index contributed by atoms with van der Waals surface area (Å²) in [7, 11) is 0. The Morgan fingerprint density at radius 2 is 2.29 bits per heavy atom. The number of carbonyl (C=O) groups excluding carboxylic acids is 1. The van der Waals surface area contributed by atoms with Gasteiger partial charge in [-0.2, -0.15) is 0 Å². The molecule has 1 heterocycles. The number of aromatic hydroxyl groups is 1. The van der Waals surface area contributed by atoms with Gasteiger partial charge in [-0.1, -0.05) is 6.07 Å². The Balaban J connectivity index is 1.92. The van der Waals surface area contributed by atoms with Crippen molar-refractivity contribution in [3.05, 3.63) is 24.3 Å². The number of fused-ring (bicyclic) bond motifs is 1. The maximum Gasteiger partial charge on any atom is 0.230 e. The number of benzene rings is 1. The lowest BCUT2D eigenvalue weighted by molar-refractivity contribution is -0.118. The molecule has 0 spiro atoms. The summed E-state index contributed by atoms with van der Waals surface area (Å²) in [6.45, 7) is 0.826. The van der Waals surface area contributed by atoms with Crippen molar-refractivity contribution < 1.29 is 9.90 Å². The van der Waals surface area contributed by atoms with Crippen molar-refractivity contribution in [3.8, 4) is 5.75 Å². The molecule has 1 saturated heterocycles. The number of amides is 1. The zero-order valence-electron chi connectivity index (χ0n) is 7.68. The molecule has 1 aromatic rings. The van der Waals surface area contributed by atoms with Crippen molar-refractivity contribution in [1.29, 1.82) is 0 Å². The Morgan fingerprint density at radius 3 is 2.93 bits per heavy atom. The van der Waals surface area contributed by atoms with Gasteiger partial charge in [-0.15, -0.1) is 0 Å². The summed E-state index contributed by atoms with van der Waals surface area (Å²) in [5.74, 6) is 1.29. The summed E-state index contributed by atoms with van der Waals surface area (Å²) in [5.41, 5.74) is 0.821. The minimum Gasteiger partial charge on any atom is -0.508 e. The first-order valence-electron chi connectivity index (χ1n) is 4.86. The lowest BCUT2D eigenvalue weighted by Crippen LogP contribution is -2.27. The largest absolute Gasteiger partial charge is 0.508 e. The van der Waals surface area contributed by atoms with Crippen LogP contribution in [0.15, 0.2) is 24.3 Å². The van der Waals surface area contributed by atoms with E-state index < -0.39 is 0 Å². The van der Waals surface area contributed by atoms with Crippen LogP contribution in [0, 0.1) is 11.8 Å². The molecule has 1 N–H and O–H groups in total. The molecule has 2 atom stereocenters. The molecule has 1 amide bonds. The van der Waals surface area contributed by atoms with E-state index >= 15 is 0 Å². The third kappa shape index (κ3) is 1.02. The molecule has 3 nitrogen and oxygen atoms in total. The fraction of sp³-hybridized carbons (Fsp3) is 0.364. The number of anilines is 1. The molecular weight excluding hydrogens is 178 g/mol. The van der Waals surface area contributed by atoms with Crippen molar-refractivity contribution in [2.24, 2.45) is 11.8 Å². The summed E-state index contributed by atoms with van der Waals surface area (Å²) in [5, 5.41) is 9.30. The second-order valence-corrected chi connectivity index (χ2v) is 4.07. The zero-order valence-corrected chi connectivity index (χ0v) is 7.68. The maximum absolute atomic E-state index is 11.7. The number of nitrogens with zero attached hydrogens (tertiary/aromatic N) is 1. The third-order valence-electron chi connectivity index (χ3n) is 3.06. The summed E-state index contributed by atoms with van der Waals surface area (Å²) < 4.78 is 0. The van der Waals surface area contributed by atoms with Gasteiger partial charge in [-0.05, 0) is 24.5 Å². The topological polar surface area (TPSA) is 40.5 Å². The Kier molecular flexibility index (Phi) is 1.40. The van der Waals surface area contributed by atoms with Crippen LogP contribution in [0.3, 0.4) is 0 Å². The fourth-order valence-electron chi connectivity index (χ4n) is 2.17. The van der Waals surface area contributed by atoms with Gasteiger partial charge in [0.15, 0.2) is 0 Å². The highest BCUT2D eigenvalue weighted by atomic mass is 16.3. The third-order valence-corrected chi connectivity index (χ3v) is 3.06. The van der Waals surface area contributed by atoms with Gasteiger partial charge >= 0.3 is 0 Å².